The van der Waals surface area contributed by atoms with E-state index in [-0.39, 0.29) is 17.2 Å². The molecule has 2 amide bonds. The summed E-state index contributed by atoms with van der Waals surface area (Å²) in [6.07, 6.45) is 1.74. The van der Waals surface area contributed by atoms with Gasteiger partial charge in [-0.05, 0) is 35.6 Å². The summed E-state index contributed by atoms with van der Waals surface area (Å²) < 4.78 is 0. The van der Waals surface area contributed by atoms with E-state index in [9.17, 15) is 9.59 Å². The van der Waals surface area contributed by atoms with Crippen LogP contribution in [0, 0.1) is 0 Å². The molecular formula is C23H24ClN3O2S. The standard InChI is InChI=1S/C23H24ClN3O2S/c1-14(24)20(28)26-18-12-16(10-11-17(18)23(2,3)4)21(29)27-22-25-13-19(30-22)15-8-6-5-7-9-15/h5-14H,1-4H3,(H,26,28)(H,25,27,29). The lowest BCUT2D eigenvalue weighted by molar-refractivity contribution is -0.115. The third-order valence-electron chi connectivity index (χ3n) is 4.49. The number of carbonyl (C=O) groups excluding carboxylic acids is 2. The van der Waals surface area contributed by atoms with E-state index in [1.165, 1.54) is 11.3 Å². The molecule has 0 fully saturated rings. The summed E-state index contributed by atoms with van der Waals surface area (Å²) in [5.41, 5.74) is 2.76. The smallest absolute Gasteiger partial charge is 0.257 e. The van der Waals surface area contributed by atoms with Gasteiger partial charge in [0.05, 0.1) is 4.88 Å². The van der Waals surface area contributed by atoms with Crippen LogP contribution in [0.3, 0.4) is 0 Å². The SMILES string of the molecule is CC(Cl)C(=O)Nc1cc(C(=O)Nc2ncc(-c3ccccc3)s2)ccc1C(C)(C)C. The van der Waals surface area contributed by atoms with Gasteiger partial charge < -0.3 is 5.32 Å². The maximum Gasteiger partial charge on any atom is 0.257 e. The van der Waals surface area contributed by atoms with Gasteiger partial charge >= 0.3 is 0 Å². The number of hydrogen-bond acceptors (Lipinski definition) is 4. The molecule has 1 aromatic heterocycles. The van der Waals surface area contributed by atoms with E-state index in [4.69, 9.17) is 11.6 Å². The van der Waals surface area contributed by atoms with Crippen molar-refractivity contribution in [2.75, 3.05) is 10.6 Å². The zero-order chi connectivity index (χ0) is 21.9. The molecule has 5 nitrogen and oxygen atoms in total. The zero-order valence-electron chi connectivity index (χ0n) is 17.3. The Balaban J connectivity index is 1.84. The summed E-state index contributed by atoms with van der Waals surface area (Å²) in [5.74, 6) is -0.606. The molecule has 2 aromatic carbocycles. The van der Waals surface area contributed by atoms with E-state index in [2.05, 4.69) is 15.6 Å². The number of nitrogens with one attached hydrogen (secondary N) is 2. The van der Waals surface area contributed by atoms with E-state index >= 15 is 0 Å². The van der Waals surface area contributed by atoms with Gasteiger partial charge in [-0.1, -0.05) is 68.5 Å². The van der Waals surface area contributed by atoms with Crippen LogP contribution in [0.4, 0.5) is 10.8 Å². The number of aromatic nitrogens is 1. The Labute approximate surface area is 185 Å². The Morgan fingerprint density at radius 3 is 2.40 bits per heavy atom. The molecule has 3 rings (SSSR count). The fraction of sp³-hybridized carbons (Fsp3) is 0.261. The van der Waals surface area contributed by atoms with Gasteiger partial charge in [0.2, 0.25) is 5.91 Å². The Kier molecular flexibility index (Phi) is 6.58. The molecule has 0 saturated carbocycles. The van der Waals surface area contributed by atoms with Gasteiger partial charge in [-0.25, -0.2) is 4.98 Å². The molecule has 0 radical (unpaired) electrons. The van der Waals surface area contributed by atoms with Crippen molar-refractivity contribution in [2.45, 2.75) is 38.5 Å². The molecule has 156 valence electrons. The highest BCUT2D eigenvalue weighted by Gasteiger charge is 2.22. The van der Waals surface area contributed by atoms with E-state index in [1.807, 2.05) is 57.2 Å². The lowest BCUT2D eigenvalue weighted by Crippen LogP contribution is -2.24. The molecule has 0 bridgehead atoms. The third-order valence-corrected chi connectivity index (χ3v) is 5.65. The average molecular weight is 442 g/mol. The first-order chi connectivity index (χ1) is 14.1. The van der Waals surface area contributed by atoms with Crippen molar-refractivity contribution < 1.29 is 9.59 Å². The predicted octanol–water partition coefficient (Wildman–Crippen LogP) is 5.93. The number of hydrogen-bond donors (Lipinski definition) is 2. The first kappa shape index (κ1) is 22.0. The van der Waals surface area contributed by atoms with E-state index in [1.54, 1.807) is 25.3 Å². The fourth-order valence-electron chi connectivity index (χ4n) is 2.91. The summed E-state index contributed by atoms with van der Waals surface area (Å²) in [5, 5.41) is 5.51. The van der Waals surface area contributed by atoms with Gasteiger partial charge in [-0.15, -0.1) is 11.6 Å². The normalized spacial score (nSPS) is 12.3. The van der Waals surface area contributed by atoms with Crippen molar-refractivity contribution in [3.63, 3.8) is 0 Å². The van der Waals surface area contributed by atoms with E-state index in [0.717, 1.165) is 16.0 Å². The number of halogens is 1. The maximum absolute atomic E-state index is 12.8. The summed E-state index contributed by atoms with van der Waals surface area (Å²) in [6.45, 7) is 7.74. The predicted molar refractivity (Wildman–Crippen MR) is 125 cm³/mol. The van der Waals surface area contributed by atoms with Crippen molar-refractivity contribution >= 4 is 45.6 Å². The first-order valence-electron chi connectivity index (χ1n) is 9.57. The molecule has 0 saturated heterocycles. The van der Waals surface area contributed by atoms with Crippen LogP contribution >= 0.6 is 22.9 Å². The molecule has 1 atom stereocenters. The third kappa shape index (κ3) is 5.26. The zero-order valence-corrected chi connectivity index (χ0v) is 18.9. The molecule has 3 aromatic rings. The highest BCUT2D eigenvalue weighted by molar-refractivity contribution is 7.19. The number of alkyl halides is 1. The Hall–Kier alpha value is -2.70. The van der Waals surface area contributed by atoms with Gasteiger partial charge in [0, 0.05) is 17.4 Å². The molecule has 0 aliphatic carbocycles. The van der Waals surface area contributed by atoms with Crippen LogP contribution in [-0.2, 0) is 10.2 Å². The number of thiazole rings is 1. The van der Waals surface area contributed by atoms with Gasteiger partial charge in [0.25, 0.3) is 5.91 Å². The summed E-state index contributed by atoms with van der Waals surface area (Å²) >= 11 is 7.31. The number of carbonyl (C=O) groups is 2. The van der Waals surface area contributed by atoms with Crippen LogP contribution in [0.5, 0.6) is 0 Å². The minimum absolute atomic E-state index is 0.215. The van der Waals surface area contributed by atoms with Crippen LogP contribution in [0.1, 0.15) is 43.6 Å². The average Bonchev–Trinajstić information content (AvgIpc) is 3.16. The monoisotopic (exact) mass is 441 g/mol. The maximum atomic E-state index is 12.8. The minimum Gasteiger partial charge on any atom is -0.325 e. The molecule has 30 heavy (non-hydrogen) atoms. The van der Waals surface area contributed by atoms with E-state index < -0.39 is 5.38 Å². The Morgan fingerprint density at radius 1 is 1.07 bits per heavy atom. The largest absolute Gasteiger partial charge is 0.325 e. The summed E-state index contributed by atoms with van der Waals surface area (Å²) in [4.78, 5) is 30.2. The number of nitrogens with zero attached hydrogens (tertiary/aromatic N) is 1. The molecular weight excluding hydrogens is 418 g/mol. The minimum atomic E-state index is -0.679. The highest BCUT2D eigenvalue weighted by Crippen LogP contribution is 2.32. The summed E-state index contributed by atoms with van der Waals surface area (Å²) in [7, 11) is 0. The second-order valence-corrected chi connectivity index (χ2v) is 9.65. The quantitative estimate of drug-likeness (QED) is 0.482. The van der Waals surface area contributed by atoms with Crippen LogP contribution in [0.15, 0.2) is 54.7 Å². The van der Waals surface area contributed by atoms with Crippen molar-refractivity contribution in [3.05, 3.63) is 65.9 Å². The van der Waals surface area contributed by atoms with Crippen LogP contribution in [0.2, 0.25) is 0 Å². The van der Waals surface area contributed by atoms with Crippen LogP contribution in [0.25, 0.3) is 10.4 Å². The molecule has 7 heteroatoms. The van der Waals surface area contributed by atoms with Gasteiger partial charge in [-0.2, -0.15) is 0 Å². The molecule has 1 unspecified atom stereocenters. The van der Waals surface area contributed by atoms with Crippen LogP contribution < -0.4 is 10.6 Å². The topological polar surface area (TPSA) is 71.1 Å². The number of benzene rings is 2. The van der Waals surface area contributed by atoms with Crippen molar-refractivity contribution in [1.29, 1.82) is 0 Å². The van der Waals surface area contributed by atoms with Crippen molar-refractivity contribution in [2.24, 2.45) is 0 Å². The van der Waals surface area contributed by atoms with Crippen molar-refractivity contribution in [1.82, 2.24) is 4.98 Å². The highest BCUT2D eigenvalue weighted by atomic mass is 35.5. The van der Waals surface area contributed by atoms with Gasteiger partial charge in [0.15, 0.2) is 5.13 Å². The summed E-state index contributed by atoms with van der Waals surface area (Å²) in [6, 6.07) is 15.2. The van der Waals surface area contributed by atoms with Crippen molar-refractivity contribution in [3.8, 4) is 10.4 Å². The van der Waals surface area contributed by atoms with Gasteiger partial charge in [-0.3, -0.25) is 14.9 Å². The first-order valence-corrected chi connectivity index (χ1v) is 10.8. The fourth-order valence-corrected chi connectivity index (χ4v) is 3.78. The molecule has 0 aliphatic heterocycles. The molecule has 0 spiro atoms. The van der Waals surface area contributed by atoms with Gasteiger partial charge in [0.1, 0.15) is 5.38 Å². The Morgan fingerprint density at radius 2 is 1.77 bits per heavy atom. The number of rotatable bonds is 5. The second-order valence-electron chi connectivity index (χ2n) is 7.97. The number of amides is 2. The lowest BCUT2D eigenvalue weighted by atomic mass is 9.85. The Bertz CT molecular complexity index is 1060. The van der Waals surface area contributed by atoms with Crippen LogP contribution in [-0.4, -0.2) is 22.2 Å². The molecule has 2 N–H and O–H groups in total. The lowest BCUT2D eigenvalue weighted by Gasteiger charge is -2.24. The molecule has 0 aliphatic rings. The number of anilines is 2. The van der Waals surface area contributed by atoms with E-state index in [0.29, 0.717) is 16.4 Å². The molecule has 1 heterocycles. The second kappa shape index (κ2) is 8.98.